The van der Waals surface area contributed by atoms with E-state index in [0.29, 0.717) is 51.9 Å². The van der Waals surface area contributed by atoms with Gasteiger partial charge < -0.3 is 15.0 Å². The molecule has 0 radical (unpaired) electrons. The summed E-state index contributed by atoms with van der Waals surface area (Å²) >= 11 is 0. The Morgan fingerprint density at radius 2 is 1.79 bits per heavy atom. The predicted molar refractivity (Wildman–Crippen MR) is 182 cm³/mol. The van der Waals surface area contributed by atoms with Crippen LogP contribution in [0, 0.1) is 11.7 Å². The van der Waals surface area contributed by atoms with Crippen molar-refractivity contribution < 1.29 is 13.9 Å². The maximum atomic E-state index is 14.8. The van der Waals surface area contributed by atoms with Crippen LogP contribution in [0.4, 0.5) is 10.1 Å². The van der Waals surface area contributed by atoms with Gasteiger partial charge in [-0.25, -0.2) is 19.3 Å². The molecule has 6 aromatic rings. The third kappa shape index (κ3) is 6.23. The Labute approximate surface area is 276 Å². The number of halogens is 1. The van der Waals surface area contributed by atoms with Crippen molar-refractivity contribution in [3.8, 4) is 39.5 Å². The highest BCUT2D eigenvalue weighted by Crippen LogP contribution is 2.34. The summed E-state index contributed by atoms with van der Waals surface area (Å²) in [6.45, 7) is 3.49. The van der Waals surface area contributed by atoms with Crippen molar-refractivity contribution in [2.45, 2.75) is 44.9 Å². The number of benzene rings is 1. The summed E-state index contributed by atoms with van der Waals surface area (Å²) in [5.41, 5.74) is 6.03. The van der Waals surface area contributed by atoms with Crippen LogP contribution in [0.5, 0.6) is 5.75 Å². The van der Waals surface area contributed by atoms with E-state index >= 15 is 0 Å². The zero-order valence-corrected chi connectivity index (χ0v) is 26.5. The first-order valence-corrected chi connectivity index (χ1v) is 16.7. The molecular formula is C36H36FN9O2. The number of aromatic amines is 2. The number of imidazole rings is 1. The van der Waals surface area contributed by atoms with Crippen molar-refractivity contribution in [3.63, 3.8) is 0 Å². The monoisotopic (exact) mass is 645 g/mol. The molecule has 2 fully saturated rings. The van der Waals surface area contributed by atoms with Crippen molar-refractivity contribution in [3.05, 3.63) is 67.0 Å². The molecule has 11 nitrogen and oxygen atoms in total. The van der Waals surface area contributed by atoms with Gasteiger partial charge in [0.15, 0.2) is 17.1 Å². The minimum Gasteiger partial charge on any atom is -0.492 e. The number of hydrogen-bond acceptors (Lipinski definition) is 8. The number of H-pyrrole nitrogens is 2. The Bertz CT molecular complexity index is 2100. The molecular weight excluding hydrogens is 609 g/mol. The summed E-state index contributed by atoms with van der Waals surface area (Å²) in [4.78, 5) is 36.8. The average Bonchev–Trinajstić information content (AvgIpc) is 3.88. The first kappa shape index (κ1) is 30.1. The van der Waals surface area contributed by atoms with E-state index in [-0.39, 0.29) is 17.6 Å². The van der Waals surface area contributed by atoms with E-state index in [2.05, 4.69) is 40.3 Å². The molecule has 2 aliphatic rings. The predicted octanol–water partition coefficient (Wildman–Crippen LogP) is 6.76. The van der Waals surface area contributed by atoms with Crippen molar-refractivity contribution in [1.29, 1.82) is 0 Å². The number of pyridine rings is 3. The molecule has 48 heavy (non-hydrogen) atoms. The van der Waals surface area contributed by atoms with Crippen molar-refractivity contribution >= 4 is 33.8 Å². The fourth-order valence-corrected chi connectivity index (χ4v) is 6.88. The second-order valence-electron chi connectivity index (χ2n) is 12.7. The van der Waals surface area contributed by atoms with Gasteiger partial charge in [-0.2, -0.15) is 5.10 Å². The number of carbonyl (C=O) groups excluding carboxylic acids is 1. The number of nitrogens with zero attached hydrogens (tertiary/aromatic N) is 6. The van der Waals surface area contributed by atoms with Crippen molar-refractivity contribution in [2.24, 2.45) is 5.92 Å². The largest absolute Gasteiger partial charge is 0.492 e. The highest BCUT2D eigenvalue weighted by atomic mass is 19.1. The molecule has 0 unspecified atom stereocenters. The molecule has 12 heteroatoms. The maximum absolute atomic E-state index is 14.8. The van der Waals surface area contributed by atoms with Gasteiger partial charge >= 0.3 is 0 Å². The summed E-state index contributed by atoms with van der Waals surface area (Å²) < 4.78 is 20.8. The van der Waals surface area contributed by atoms with Crippen LogP contribution >= 0.6 is 0 Å². The Balaban J connectivity index is 1.07. The molecule has 1 amide bonds. The van der Waals surface area contributed by atoms with Gasteiger partial charge in [-0.15, -0.1) is 0 Å². The number of amides is 1. The maximum Gasteiger partial charge on any atom is 0.227 e. The topological polar surface area (TPSA) is 138 Å². The van der Waals surface area contributed by atoms with E-state index in [1.807, 2.05) is 24.3 Å². The van der Waals surface area contributed by atoms with Crippen LogP contribution in [0.15, 0.2) is 61.2 Å². The molecule has 1 aliphatic heterocycles. The fourth-order valence-electron chi connectivity index (χ4n) is 6.88. The standard InChI is InChI=1S/C36H36FN9O2/c37-26-14-23(16-28(18-26)48-13-12-46-10-4-5-11-46)29-8-9-39-34-31(29)42-35(43-34)32-30-17-25(20-40-33(30)45-44-32)24-15-27(21-38-19-24)41-36(47)22-6-2-1-3-7-22/h8-9,14-22H,1-7,10-13H2,(H,41,47)(H,39,42,43)(H,40,44,45). The molecule has 244 valence electrons. The molecule has 1 aromatic carbocycles. The van der Waals surface area contributed by atoms with Crippen LogP contribution in [0.25, 0.3) is 56.0 Å². The Morgan fingerprint density at radius 1 is 0.938 bits per heavy atom. The van der Waals surface area contributed by atoms with Crippen molar-refractivity contribution in [1.82, 2.24) is 40.0 Å². The number of anilines is 1. The lowest BCUT2D eigenvalue weighted by Gasteiger charge is -2.20. The lowest BCUT2D eigenvalue weighted by atomic mass is 9.88. The Morgan fingerprint density at radius 3 is 2.67 bits per heavy atom. The van der Waals surface area contributed by atoms with Gasteiger partial charge in [0.05, 0.1) is 22.8 Å². The number of likely N-dealkylation sites (tertiary alicyclic amines) is 1. The molecule has 6 heterocycles. The van der Waals surface area contributed by atoms with E-state index in [0.717, 1.165) is 67.4 Å². The smallest absolute Gasteiger partial charge is 0.227 e. The Hall–Kier alpha value is -5.23. The van der Waals surface area contributed by atoms with Gasteiger partial charge in [-0.1, -0.05) is 19.3 Å². The third-order valence-corrected chi connectivity index (χ3v) is 9.41. The third-order valence-electron chi connectivity index (χ3n) is 9.41. The van der Waals surface area contributed by atoms with E-state index in [1.165, 1.54) is 31.4 Å². The molecule has 3 N–H and O–H groups in total. The van der Waals surface area contributed by atoms with Gasteiger partial charge in [-0.05, 0) is 74.7 Å². The summed E-state index contributed by atoms with van der Waals surface area (Å²) in [7, 11) is 0. The first-order chi connectivity index (χ1) is 23.6. The Kier molecular flexibility index (Phi) is 8.23. The molecule has 5 aromatic heterocycles. The van der Waals surface area contributed by atoms with Crippen LogP contribution in [-0.4, -0.2) is 72.2 Å². The van der Waals surface area contributed by atoms with Gasteiger partial charge in [0, 0.05) is 53.8 Å². The fraction of sp³-hybridized carbons (Fsp3) is 0.333. The number of fused-ring (bicyclic) bond motifs is 2. The average molecular weight is 646 g/mol. The van der Waals surface area contributed by atoms with Gasteiger partial charge in [0.2, 0.25) is 5.91 Å². The van der Waals surface area contributed by atoms with E-state index in [1.54, 1.807) is 24.8 Å². The highest BCUT2D eigenvalue weighted by Gasteiger charge is 2.22. The summed E-state index contributed by atoms with van der Waals surface area (Å²) in [5.74, 6) is 0.736. The summed E-state index contributed by atoms with van der Waals surface area (Å²) in [6, 6.07) is 10.5. The SMILES string of the molecule is O=C(Nc1cncc(-c2cnc3n[nH]c(-c4nc5nccc(-c6cc(F)cc(OCCN7CCCC7)c6)c5[nH]4)c3c2)c1)C1CCCCC1. The number of carbonyl (C=O) groups is 1. The second kappa shape index (κ2) is 13.1. The highest BCUT2D eigenvalue weighted by molar-refractivity contribution is 5.97. The molecule has 1 aliphatic carbocycles. The normalized spacial score (nSPS) is 15.8. The molecule has 1 saturated heterocycles. The quantitative estimate of drug-likeness (QED) is 0.157. The van der Waals surface area contributed by atoms with Crippen molar-refractivity contribution in [2.75, 3.05) is 31.6 Å². The van der Waals surface area contributed by atoms with E-state index < -0.39 is 0 Å². The zero-order valence-electron chi connectivity index (χ0n) is 26.5. The number of hydrogen-bond donors (Lipinski definition) is 3. The van der Waals surface area contributed by atoms with Crippen LogP contribution in [-0.2, 0) is 4.79 Å². The zero-order chi connectivity index (χ0) is 32.5. The minimum atomic E-state index is -0.376. The molecule has 8 rings (SSSR count). The number of ether oxygens (including phenoxy) is 1. The van der Waals surface area contributed by atoms with E-state index in [4.69, 9.17) is 9.72 Å². The summed E-state index contributed by atoms with van der Waals surface area (Å²) in [6.07, 6.45) is 14.5. The summed E-state index contributed by atoms with van der Waals surface area (Å²) in [5, 5.41) is 11.3. The van der Waals surface area contributed by atoms with Crippen LogP contribution in [0.1, 0.15) is 44.9 Å². The lowest BCUT2D eigenvalue weighted by Crippen LogP contribution is -2.25. The van der Waals surface area contributed by atoms with Crippen LogP contribution in [0.2, 0.25) is 0 Å². The van der Waals surface area contributed by atoms with Gasteiger partial charge in [-0.3, -0.25) is 19.8 Å². The molecule has 0 atom stereocenters. The molecule has 1 saturated carbocycles. The van der Waals surface area contributed by atoms with Crippen LogP contribution < -0.4 is 10.1 Å². The number of rotatable bonds is 9. The second-order valence-corrected chi connectivity index (χ2v) is 12.7. The van der Waals surface area contributed by atoms with Gasteiger partial charge in [0.25, 0.3) is 0 Å². The lowest BCUT2D eigenvalue weighted by molar-refractivity contribution is -0.120. The van der Waals surface area contributed by atoms with Crippen LogP contribution in [0.3, 0.4) is 0 Å². The molecule has 0 spiro atoms. The van der Waals surface area contributed by atoms with Gasteiger partial charge in [0.1, 0.15) is 23.9 Å². The number of nitrogens with one attached hydrogen (secondary N) is 3. The number of aromatic nitrogens is 7. The molecule has 0 bridgehead atoms. The first-order valence-electron chi connectivity index (χ1n) is 16.7. The van der Waals surface area contributed by atoms with E-state index in [9.17, 15) is 9.18 Å². The minimum absolute atomic E-state index is 0.0497.